The Morgan fingerprint density at radius 3 is 2.62 bits per heavy atom. The molecule has 0 radical (unpaired) electrons. The van der Waals surface area contributed by atoms with Gasteiger partial charge in [0, 0.05) is 24.5 Å². The number of pyridine rings is 1. The average Bonchev–Trinajstić information content (AvgIpc) is 3.08. The highest BCUT2D eigenvalue weighted by atomic mass is 16.5. The number of aliphatic hydroxyl groups is 1. The van der Waals surface area contributed by atoms with Gasteiger partial charge >= 0.3 is 0 Å². The molecule has 0 spiro atoms. The van der Waals surface area contributed by atoms with Crippen LogP contribution in [0.5, 0.6) is 5.75 Å². The Balaban J connectivity index is 1.84. The standard InChI is InChI=1S/C26H22N2O4/c1-2-14-32-21-12-6-11-20(15-21)23-22(24(29)19-9-4-3-5-10-19)25(30)26(31)28(23)17-18-8-7-13-27-16-18/h2-13,15-16,23,29H,1,14,17H2/b24-22+/t23-/m0/s1. The highest BCUT2D eigenvalue weighted by Crippen LogP contribution is 2.41. The van der Waals surface area contributed by atoms with Crippen molar-refractivity contribution in [2.24, 2.45) is 0 Å². The molecule has 1 fully saturated rings. The molecule has 1 saturated heterocycles. The van der Waals surface area contributed by atoms with Crippen LogP contribution in [0.3, 0.4) is 0 Å². The minimum absolute atomic E-state index is 0.0472. The van der Waals surface area contributed by atoms with E-state index in [2.05, 4.69) is 11.6 Å². The Hall–Kier alpha value is -4.19. The van der Waals surface area contributed by atoms with E-state index in [1.807, 2.05) is 18.2 Å². The van der Waals surface area contributed by atoms with Gasteiger partial charge in [-0.15, -0.1) is 0 Å². The minimum atomic E-state index is -0.775. The SMILES string of the molecule is C=CCOc1cccc([C@H]2/C(=C(\O)c3ccccc3)C(=O)C(=O)N2Cc2cccnc2)c1. The third-order valence-corrected chi connectivity index (χ3v) is 5.20. The number of ether oxygens (including phenoxy) is 1. The second-order valence-electron chi connectivity index (χ2n) is 7.33. The largest absolute Gasteiger partial charge is 0.507 e. The van der Waals surface area contributed by atoms with E-state index in [9.17, 15) is 14.7 Å². The smallest absolute Gasteiger partial charge is 0.295 e. The highest BCUT2D eigenvalue weighted by molar-refractivity contribution is 6.46. The van der Waals surface area contributed by atoms with Crippen molar-refractivity contribution in [3.05, 3.63) is 114 Å². The fourth-order valence-electron chi connectivity index (χ4n) is 3.76. The van der Waals surface area contributed by atoms with E-state index in [4.69, 9.17) is 4.74 Å². The first-order valence-electron chi connectivity index (χ1n) is 10.2. The van der Waals surface area contributed by atoms with Gasteiger partial charge in [0.25, 0.3) is 11.7 Å². The van der Waals surface area contributed by atoms with E-state index >= 15 is 0 Å². The summed E-state index contributed by atoms with van der Waals surface area (Å²) in [5.41, 5.74) is 1.95. The summed E-state index contributed by atoms with van der Waals surface area (Å²) in [6.07, 6.45) is 4.93. The molecule has 6 nitrogen and oxygen atoms in total. The molecule has 160 valence electrons. The van der Waals surface area contributed by atoms with Crippen LogP contribution in [0.4, 0.5) is 0 Å². The van der Waals surface area contributed by atoms with Crippen molar-refractivity contribution in [3.8, 4) is 5.75 Å². The number of benzene rings is 2. The molecule has 1 aliphatic heterocycles. The van der Waals surface area contributed by atoms with Gasteiger partial charge in [0.1, 0.15) is 18.1 Å². The van der Waals surface area contributed by atoms with Crippen LogP contribution in [0.1, 0.15) is 22.7 Å². The number of carbonyl (C=O) groups is 2. The molecule has 2 aromatic carbocycles. The zero-order valence-electron chi connectivity index (χ0n) is 17.3. The predicted molar refractivity (Wildman–Crippen MR) is 121 cm³/mol. The summed E-state index contributed by atoms with van der Waals surface area (Å²) in [5.74, 6) is -1.03. The number of amides is 1. The summed E-state index contributed by atoms with van der Waals surface area (Å²) in [6, 6.07) is 18.7. The van der Waals surface area contributed by atoms with Crippen molar-refractivity contribution < 1.29 is 19.4 Å². The molecule has 0 unspecified atom stereocenters. The van der Waals surface area contributed by atoms with E-state index in [1.54, 1.807) is 67.0 Å². The number of Topliss-reactive ketones (excluding diaryl/α,β-unsaturated/α-hetero) is 1. The lowest BCUT2D eigenvalue weighted by atomic mass is 9.95. The van der Waals surface area contributed by atoms with Gasteiger partial charge in [-0.25, -0.2) is 0 Å². The molecular weight excluding hydrogens is 404 g/mol. The van der Waals surface area contributed by atoms with Gasteiger partial charge in [0.05, 0.1) is 11.6 Å². The maximum Gasteiger partial charge on any atom is 0.295 e. The topological polar surface area (TPSA) is 79.7 Å². The molecule has 1 amide bonds. The Morgan fingerprint density at radius 2 is 1.91 bits per heavy atom. The maximum atomic E-state index is 13.1. The van der Waals surface area contributed by atoms with Crippen LogP contribution in [-0.4, -0.2) is 33.3 Å². The van der Waals surface area contributed by atoms with Gasteiger partial charge < -0.3 is 14.7 Å². The fourth-order valence-corrected chi connectivity index (χ4v) is 3.76. The van der Waals surface area contributed by atoms with Crippen LogP contribution >= 0.6 is 0 Å². The van der Waals surface area contributed by atoms with Crippen LogP contribution in [0, 0.1) is 0 Å². The first-order valence-corrected chi connectivity index (χ1v) is 10.2. The lowest BCUT2D eigenvalue weighted by molar-refractivity contribution is -0.140. The Labute approximate surface area is 186 Å². The molecule has 1 N–H and O–H groups in total. The van der Waals surface area contributed by atoms with Crippen molar-refractivity contribution in [2.75, 3.05) is 6.61 Å². The van der Waals surface area contributed by atoms with Crippen molar-refractivity contribution >= 4 is 17.4 Å². The molecule has 32 heavy (non-hydrogen) atoms. The molecule has 2 heterocycles. The number of ketones is 1. The average molecular weight is 426 g/mol. The fraction of sp³-hybridized carbons (Fsp3) is 0.115. The van der Waals surface area contributed by atoms with Gasteiger partial charge in [0.15, 0.2) is 0 Å². The first-order chi connectivity index (χ1) is 15.6. The van der Waals surface area contributed by atoms with E-state index in [0.717, 1.165) is 5.56 Å². The minimum Gasteiger partial charge on any atom is -0.507 e. The van der Waals surface area contributed by atoms with Crippen LogP contribution in [0.25, 0.3) is 5.76 Å². The lowest BCUT2D eigenvalue weighted by Crippen LogP contribution is -2.29. The van der Waals surface area contributed by atoms with Gasteiger partial charge in [-0.1, -0.05) is 61.2 Å². The van der Waals surface area contributed by atoms with Crippen molar-refractivity contribution in [1.82, 2.24) is 9.88 Å². The van der Waals surface area contributed by atoms with Crippen molar-refractivity contribution in [1.29, 1.82) is 0 Å². The molecule has 0 saturated carbocycles. The number of hydrogen-bond donors (Lipinski definition) is 1. The molecule has 0 bridgehead atoms. The number of aliphatic hydroxyl groups excluding tert-OH is 1. The molecule has 4 rings (SSSR count). The summed E-state index contributed by atoms with van der Waals surface area (Å²) in [7, 11) is 0. The van der Waals surface area contributed by atoms with Gasteiger partial charge in [-0.2, -0.15) is 0 Å². The summed E-state index contributed by atoms with van der Waals surface area (Å²) in [5, 5.41) is 11.1. The molecule has 1 aliphatic rings. The van der Waals surface area contributed by atoms with E-state index in [-0.39, 0.29) is 17.9 Å². The molecule has 0 aliphatic carbocycles. The zero-order chi connectivity index (χ0) is 22.5. The van der Waals surface area contributed by atoms with Crippen molar-refractivity contribution in [2.45, 2.75) is 12.6 Å². The van der Waals surface area contributed by atoms with E-state index in [1.165, 1.54) is 4.90 Å². The van der Waals surface area contributed by atoms with Crippen LogP contribution in [0.15, 0.2) is 97.4 Å². The van der Waals surface area contributed by atoms with Crippen LogP contribution in [0.2, 0.25) is 0 Å². The molecule has 1 aromatic heterocycles. The number of hydrogen-bond acceptors (Lipinski definition) is 5. The van der Waals surface area contributed by atoms with Crippen LogP contribution < -0.4 is 4.74 Å². The Kier molecular flexibility index (Phi) is 6.12. The third-order valence-electron chi connectivity index (χ3n) is 5.20. The number of carbonyl (C=O) groups excluding carboxylic acids is 2. The van der Waals surface area contributed by atoms with Crippen molar-refractivity contribution in [3.63, 3.8) is 0 Å². The summed E-state index contributed by atoms with van der Waals surface area (Å²) < 4.78 is 5.65. The maximum absolute atomic E-state index is 13.1. The number of aromatic nitrogens is 1. The number of nitrogens with zero attached hydrogens (tertiary/aromatic N) is 2. The van der Waals surface area contributed by atoms with Gasteiger partial charge in [0.2, 0.25) is 0 Å². The quantitative estimate of drug-likeness (QED) is 0.264. The van der Waals surface area contributed by atoms with E-state index in [0.29, 0.717) is 23.5 Å². The molecular formula is C26H22N2O4. The van der Waals surface area contributed by atoms with Gasteiger partial charge in [-0.3, -0.25) is 14.6 Å². The zero-order valence-corrected chi connectivity index (χ0v) is 17.3. The molecule has 1 atom stereocenters. The summed E-state index contributed by atoms with van der Waals surface area (Å²) >= 11 is 0. The second-order valence-corrected chi connectivity index (χ2v) is 7.33. The first kappa shape index (κ1) is 21.1. The van der Waals surface area contributed by atoms with Gasteiger partial charge in [-0.05, 0) is 29.3 Å². The Morgan fingerprint density at radius 1 is 1.09 bits per heavy atom. The summed E-state index contributed by atoms with van der Waals surface area (Å²) in [6.45, 7) is 4.15. The Bertz CT molecular complexity index is 1170. The van der Waals surface area contributed by atoms with E-state index < -0.39 is 17.7 Å². The highest BCUT2D eigenvalue weighted by Gasteiger charge is 2.46. The molecule has 3 aromatic rings. The third kappa shape index (κ3) is 4.16. The normalized spacial score (nSPS) is 17.4. The lowest BCUT2D eigenvalue weighted by Gasteiger charge is -2.25. The monoisotopic (exact) mass is 426 g/mol. The number of rotatable bonds is 7. The molecule has 6 heteroatoms. The second kappa shape index (κ2) is 9.31. The summed E-state index contributed by atoms with van der Waals surface area (Å²) in [4.78, 5) is 31.7. The predicted octanol–water partition coefficient (Wildman–Crippen LogP) is 4.27. The van der Waals surface area contributed by atoms with Crippen LogP contribution in [-0.2, 0) is 16.1 Å². The number of likely N-dealkylation sites (tertiary alicyclic amines) is 1.